The van der Waals surface area contributed by atoms with Crippen molar-refractivity contribution in [2.75, 3.05) is 13.2 Å². The van der Waals surface area contributed by atoms with E-state index in [0.717, 1.165) is 70.6 Å². The second kappa shape index (κ2) is 51.0. The molecule has 0 rings (SSSR count). The summed E-state index contributed by atoms with van der Waals surface area (Å²) in [6, 6.07) is -0.562. The van der Waals surface area contributed by atoms with Gasteiger partial charge in [-0.05, 0) is 77.0 Å². The van der Waals surface area contributed by atoms with E-state index in [1.807, 2.05) is 0 Å². The minimum absolute atomic E-state index is 0.0209. The van der Waals surface area contributed by atoms with Crippen LogP contribution in [0, 0.1) is 0 Å². The normalized spacial score (nSPS) is 12.8. The van der Waals surface area contributed by atoms with Gasteiger partial charge in [-0.1, -0.05) is 224 Å². The average molecular weight is 860 g/mol. The van der Waals surface area contributed by atoms with Crippen molar-refractivity contribution < 1.29 is 24.5 Å². The molecule has 0 aliphatic carbocycles. The van der Waals surface area contributed by atoms with Crippen LogP contribution in [0.25, 0.3) is 0 Å². The number of aliphatic hydroxyl groups is 2. The lowest BCUT2D eigenvalue weighted by molar-refractivity contribution is -0.143. The molecule has 61 heavy (non-hydrogen) atoms. The predicted octanol–water partition coefficient (Wildman–Crippen LogP) is 16.3. The number of ether oxygens (including phenoxy) is 1. The molecule has 2 unspecified atom stereocenters. The SMILES string of the molecule is CCCCCCC/C=C\CCCCCCCC(=O)OCCCCCCCC/C=C\CCCCCC(=O)NC(CO)C(O)CCCCCCCCCCCCCCCCCCC. The first-order valence-electron chi connectivity index (χ1n) is 27.1. The maximum Gasteiger partial charge on any atom is 0.305 e. The summed E-state index contributed by atoms with van der Waals surface area (Å²) in [7, 11) is 0. The number of hydrogen-bond donors (Lipinski definition) is 3. The minimum Gasteiger partial charge on any atom is -0.466 e. The van der Waals surface area contributed by atoms with Crippen molar-refractivity contribution in [3.63, 3.8) is 0 Å². The molecule has 0 spiro atoms. The van der Waals surface area contributed by atoms with E-state index < -0.39 is 12.1 Å². The van der Waals surface area contributed by atoms with Gasteiger partial charge in [0.15, 0.2) is 0 Å². The number of amides is 1. The van der Waals surface area contributed by atoms with Gasteiger partial charge in [0, 0.05) is 12.8 Å². The molecule has 360 valence electrons. The molecule has 0 aromatic carbocycles. The van der Waals surface area contributed by atoms with Crippen LogP contribution in [0.15, 0.2) is 24.3 Å². The van der Waals surface area contributed by atoms with Crippen molar-refractivity contribution in [1.29, 1.82) is 0 Å². The summed E-state index contributed by atoms with van der Waals surface area (Å²) in [5.41, 5.74) is 0. The van der Waals surface area contributed by atoms with Gasteiger partial charge in [-0.3, -0.25) is 9.59 Å². The topological polar surface area (TPSA) is 95.9 Å². The van der Waals surface area contributed by atoms with Gasteiger partial charge < -0.3 is 20.3 Å². The summed E-state index contributed by atoms with van der Waals surface area (Å²) in [5.74, 6) is -0.0849. The standard InChI is InChI=1S/C55H105NO5/c1-3-5-7-9-11-13-15-17-19-20-21-23-27-31-35-39-43-47-53(58)52(51-57)56-54(59)48-44-40-36-32-28-24-22-26-30-34-38-42-46-50-61-55(60)49-45-41-37-33-29-25-18-16-14-12-10-8-6-4-2/h16,18,24,28,52-53,57-58H,3-15,17,19-23,25-27,29-51H2,1-2H3,(H,56,59)/b18-16-,28-24-. The van der Waals surface area contributed by atoms with Gasteiger partial charge in [0.1, 0.15) is 0 Å². The molecule has 2 atom stereocenters. The fraction of sp³-hybridized carbons (Fsp3) is 0.891. The summed E-state index contributed by atoms with van der Waals surface area (Å²) in [6.45, 7) is 4.90. The van der Waals surface area contributed by atoms with Gasteiger partial charge in [-0.2, -0.15) is 0 Å². The highest BCUT2D eigenvalue weighted by molar-refractivity contribution is 5.76. The molecule has 0 aromatic heterocycles. The van der Waals surface area contributed by atoms with Crippen molar-refractivity contribution in [3.8, 4) is 0 Å². The Hall–Kier alpha value is -1.66. The lowest BCUT2D eigenvalue weighted by atomic mass is 10.0. The third kappa shape index (κ3) is 47.7. The molecular weight excluding hydrogens is 755 g/mol. The van der Waals surface area contributed by atoms with Gasteiger partial charge in [0.25, 0.3) is 0 Å². The quantitative estimate of drug-likeness (QED) is 0.0322. The summed E-state index contributed by atoms with van der Waals surface area (Å²) < 4.78 is 5.45. The van der Waals surface area contributed by atoms with E-state index >= 15 is 0 Å². The average Bonchev–Trinajstić information content (AvgIpc) is 3.26. The fourth-order valence-corrected chi connectivity index (χ4v) is 8.28. The second-order valence-electron chi connectivity index (χ2n) is 18.6. The van der Waals surface area contributed by atoms with Crippen molar-refractivity contribution in [2.24, 2.45) is 0 Å². The molecule has 6 nitrogen and oxygen atoms in total. The zero-order valence-electron chi connectivity index (χ0n) is 40.9. The zero-order valence-corrected chi connectivity index (χ0v) is 40.9. The molecule has 0 aliphatic heterocycles. The first kappa shape index (κ1) is 59.3. The molecule has 0 aliphatic rings. The summed E-state index contributed by atoms with van der Waals surface area (Å²) >= 11 is 0. The molecular formula is C55H105NO5. The number of hydrogen-bond acceptors (Lipinski definition) is 5. The van der Waals surface area contributed by atoms with E-state index in [-0.39, 0.29) is 18.5 Å². The van der Waals surface area contributed by atoms with Crippen LogP contribution in [0.1, 0.15) is 290 Å². The van der Waals surface area contributed by atoms with E-state index in [2.05, 4.69) is 43.5 Å². The van der Waals surface area contributed by atoms with Gasteiger partial charge in [0.05, 0.1) is 25.4 Å². The minimum atomic E-state index is -0.681. The van der Waals surface area contributed by atoms with Gasteiger partial charge in [-0.25, -0.2) is 0 Å². The van der Waals surface area contributed by atoms with Crippen LogP contribution in [-0.4, -0.2) is 47.4 Å². The summed E-state index contributed by atoms with van der Waals surface area (Å²) in [4.78, 5) is 24.5. The fourth-order valence-electron chi connectivity index (χ4n) is 8.28. The van der Waals surface area contributed by atoms with Crippen LogP contribution in [-0.2, 0) is 14.3 Å². The first-order chi connectivity index (χ1) is 30.0. The van der Waals surface area contributed by atoms with Crippen LogP contribution in [0.2, 0.25) is 0 Å². The Bertz CT molecular complexity index is 951. The van der Waals surface area contributed by atoms with E-state index in [9.17, 15) is 19.8 Å². The molecule has 0 saturated carbocycles. The summed E-state index contributed by atoms with van der Waals surface area (Å²) in [5, 5.41) is 23.2. The maximum atomic E-state index is 12.5. The Balaban J connectivity index is 3.50. The van der Waals surface area contributed by atoms with Crippen LogP contribution in [0.4, 0.5) is 0 Å². The number of aliphatic hydroxyl groups excluding tert-OH is 2. The highest BCUT2D eigenvalue weighted by Gasteiger charge is 2.20. The number of unbranched alkanes of at least 4 members (excludes halogenated alkanes) is 35. The number of allylic oxidation sites excluding steroid dienone is 4. The van der Waals surface area contributed by atoms with Crippen LogP contribution in [0.3, 0.4) is 0 Å². The number of esters is 1. The number of rotatable bonds is 50. The Morgan fingerprint density at radius 2 is 0.770 bits per heavy atom. The third-order valence-electron chi connectivity index (χ3n) is 12.5. The van der Waals surface area contributed by atoms with Crippen molar-refractivity contribution in [3.05, 3.63) is 24.3 Å². The van der Waals surface area contributed by atoms with Gasteiger partial charge in [0.2, 0.25) is 5.91 Å². The number of nitrogens with one attached hydrogen (secondary N) is 1. The Morgan fingerprint density at radius 3 is 1.18 bits per heavy atom. The molecule has 0 radical (unpaired) electrons. The largest absolute Gasteiger partial charge is 0.466 e. The molecule has 1 amide bonds. The zero-order chi connectivity index (χ0) is 44.4. The lowest BCUT2D eigenvalue weighted by Gasteiger charge is -2.22. The maximum absolute atomic E-state index is 12.5. The van der Waals surface area contributed by atoms with Crippen LogP contribution in [0.5, 0.6) is 0 Å². The van der Waals surface area contributed by atoms with E-state index in [1.54, 1.807) is 0 Å². The van der Waals surface area contributed by atoms with Crippen molar-refractivity contribution in [2.45, 2.75) is 302 Å². The van der Waals surface area contributed by atoms with Crippen LogP contribution >= 0.6 is 0 Å². The molecule has 0 heterocycles. The van der Waals surface area contributed by atoms with Crippen molar-refractivity contribution >= 4 is 11.9 Å². The van der Waals surface area contributed by atoms with Gasteiger partial charge in [-0.15, -0.1) is 0 Å². The number of carbonyl (C=O) groups is 2. The first-order valence-corrected chi connectivity index (χ1v) is 27.1. The lowest BCUT2D eigenvalue weighted by Crippen LogP contribution is -2.45. The van der Waals surface area contributed by atoms with Crippen molar-refractivity contribution in [1.82, 2.24) is 5.32 Å². The van der Waals surface area contributed by atoms with Crippen LogP contribution < -0.4 is 5.32 Å². The molecule has 0 aromatic rings. The molecule has 3 N–H and O–H groups in total. The third-order valence-corrected chi connectivity index (χ3v) is 12.5. The monoisotopic (exact) mass is 860 g/mol. The Labute approximate surface area is 380 Å². The summed E-state index contributed by atoms with van der Waals surface area (Å²) in [6.07, 6.45) is 60.1. The molecule has 0 fully saturated rings. The Morgan fingerprint density at radius 1 is 0.443 bits per heavy atom. The second-order valence-corrected chi connectivity index (χ2v) is 18.6. The predicted molar refractivity (Wildman–Crippen MR) is 264 cm³/mol. The highest BCUT2D eigenvalue weighted by atomic mass is 16.5. The Kier molecular flexibility index (Phi) is 49.6. The molecule has 0 bridgehead atoms. The molecule has 0 saturated heterocycles. The highest BCUT2D eigenvalue weighted by Crippen LogP contribution is 2.16. The van der Waals surface area contributed by atoms with E-state index in [4.69, 9.17) is 4.74 Å². The smallest absolute Gasteiger partial charge is 0.305 e. The van der Waals surface area contributed by atoms with E-state index in [0.29, 0.717) is 25.9 Å². The van der Waals surface area contributed by atoms with Gasteiger partial charge >= 0.3 is 5.97 Å². The molecule has 6 heteroatoms. The number of carbonyl (C=O) groups excluding carboxylic acids is 2. The van der Waals surface area contributed by atoms with E-state index in [1.165, 1.54) is 186 Å².